The number of rotatable bonds is 20. The van der Waals surface area contributed by atoms with Crippen molar-refractivity contribution in [1.82, 2.24) is 5.32 Å². The zero-order chi connectivity index (χ0) is 17.7. The van der Waals surface area contributed by atoms with Crippen molar-refractivity contribution >= 4 is 5.78 Å². The molecule has 1 N–H and O–H groups in total. The average molecular weight is 340 g/mol. The van der Waals surface area contributed by atoms with E-state index in [0.29, 0.717) is 12.2 Å². The summed E-state index contributed by atoms with van der Waals surface area (Å²) in [5, 5.41) is 3.21. The van der Waals surface area contributed by atoms with Crippen LogP contribution in [0.5, 0.6) is 0 Å². The highest BCUT2D eigenvalue weighted by Crippen LogP contribution is 2.13. The van der Waals surface area contributed by atoms with Gasteiger partial charge in [-0.25, -0.2) is 0 Å². The minimum absolute atomic E-state index is 0.436. The highest BCUT2D eigenvalue weighted by molar-refractivity contribution is 5.78. The Morgan fingerprint density at radius 3 is 1.42 bits per heavy atom. The maximum Gasteiger partial charge on any atom is 0.134 e. The van der Waals surface area contributed by atoms with Crippen LogP contribution in [0.25, 0.3) is 0 Å². The summed E-state index contributed by atoms with van der Waals surface area (Å²) >= 11 is 0. The Kier molecular flexibility index (Phi) is 20.4. The van der Waals surface area contributed by atoms with Crippen LogP contribution in [0, 0.1) is 0 Å². The SMILES string of the molecule is CCCCCCCCCCCCCCCCCC(=O)CCNCC. The Bertz CT molecular complexity index is 252. The van der Waals surface area contributed by atoms with Crippen molar-refractivity contribution in [3.8, 4) is 0 Å². The first-order valence-corrected chi connectivity index (χ1v) is 11.0. The van der Waals surface area contributed by atoms with Gasteiger partial charge in [0.05, 0.1) is 0 Å². The first-order chi connectivity index (χ1) is 11.8. The van der Waals surface area contributed by atoms with E-state index in [1.165, 1.54) is 89.9 Å². The number of Topliss-reactive ketones (excluding diaryl/α,β-unsaturated/α-hetero) is 1. The fourth-order valence-corrected chi connectivity index (χ4v) is 3.22. The van der Waals surface area contributed by atoms with Gasteiger partial charge in [0.2, 0.25) is 0 Å². The van der Waals surface area contributed by atoms with Crippen molar-refractivity contribution in [2.45, 2.75) is 123 Å². The van der Waals surface area contributed by atoms with E-state index in [1.54, 1.807) is 0 Å². The minimum Gasteiger partial charge on any atom is -0.317 e. The predicted octanol–water partition coefficient (Wildman–Crippen LogP) is 6.82. The molecule has 0 atom stereocenters. The van der Waals surface area contributed by atoms with Crippen molar-refractivity contribution in [2.24, 2.45) is 0 Å². The molecule has 0 unspecified atom stereocenters. The molecule has 0 spiro atoms. The van der Waals surface area contributed by atoms with Crippen molar-refractivity contribution in [1.29, 1.82) is 0 Å². The third-order valence-electron chi connectivity index (χ3n) is 4.89. The van der Waals surface area contributed by atoms with Gasteiger partial charge < -0.3 is 5.32 Å². The standard InChI is InChI=1S/C22H45NO/c1-3-5-6-7-8-9-10-11-12-13-14-15-16-17-18-19-22(24)20-21-23-4-2/h23H,3-21H2,1-2H3. The third-order valence-corrected chi connectivity index (χ3v) is 4.89. The van der Waals surface area contributed by atoms with Gasteiger partial charge in [0.25, 0.3) is 0 Å². The zero-order valence-electron chi connectivity index (χ0n) is 16.8. The molecule has 0 aliphatic heterocycles. The molecular formula is C22H45NO. The van der Waals surface area contributed by atoms with Gasteiger partial charge in [-0.3, -0.25) is 4.79 Å². The van der Waals surface area contributed by atoms with Crippen LogP contribution < -0.4 is 5.32 Å². The molecule has 2 heteroatoms. The van der Waals surface area contributed by atoms with Crippen LogP contribution in [0.3, 0.4) is 0 Å². The molecule has 144 valence electrons. The second-order valence-corrected chi connectivity index (χ2v) is 7.34. The molecule has 0 radical (unpaired) electrons. The molecule has 2 nitrogen and oxygen atoms in total. The normalized spacial score (nSPS) is 11.1. The average Bonchev–Trinajstić information content (AvgIpc) is 2.58. The molecular weight excluding hydrogens is 294 g/mol. The summed E-state index contributed by atoms with van der Waals surface area (Å²) in [6, 6.07) is 0. The number of carbonyl (C=O) groups is 1. The van der Waals surface area contributed by atoms with Crippen molar-refractivity contribution in [3.63, 3.8) is 0 Å². The molecule has 0 aromatic heterocycles. The lowest BCUT2D eigenvalue weighted by molar-refractivity contribution is -0.119. The Hall–Kier alpha value is -0.370. The summed E-state index contributed by atoms with van der Waals surface area (Å²) in [6.45, 7) is 6.19. The summed E-state index contributed by atoms with van der Waals surface area (Å²) in [7, 11) is 0. The molecule has 0 aromatic rings. The molecule has 0 fully saturated rings. The van der Waals surface area contributed by atoms with E-state index in [9.17, 15) is 4.79 Å². The number of hydrogen-bond acceptors (Lipinski definition) is 2. The highest BCUT2D eigenvalue weighted by Gasteiger charge is 2.01. The topological polar surface area (TPSA) is 29.1 Å². The molecule has 0 amide bonds. The van der Waals surface area contributed by atoms with Gasteiger partial charge in [-0.2, -0.15) is 0 Å². The number of hydrogen-bond donors (Lipinski definition) is 1. The molecule has 0 bridgehead atoms. The lowest BCUT2D eigenvalue weighted by Crippen LogP contribution is -2.17. The van der Waals surface area contributed by atoms with E-state index in [1.807, 2.05) is 0 Å². The van der Waals surface area contributed by atoms with Crippen molar-refractivity contribution < 1.29 is 4.79 Å². The summed E-state index contributed by atoms with van der Waals surface area (Å²) in [6.07, 6.45) is 22.2. The van der Waals surface area contributed by atoms with Gasteiger partial charge in [0.15, 0.2) is 0 Å². The monoisotopic (exact) mass is 339 g/mol. The molecule has 0 rings (SSSR count). The molecule has 0 saturated carbocycles. The summed E-state index contributed by atoms with van der Waals surface area (Å²) in [4.78, 5) is 11.6. The number of carbonyl (C=O) groups excluding carboxylic acids is 1. The Labute approximate surface area is 152 Å². The molecule has 0 heterocycles. The van der Waals surface area contributed by atoms with Crippen LogP contribution in [0.1, 0.15) is 123 Å². The second-order valence-electron chi connectivity index (χ2n) is 7.34. The van der Waals surface area contributed by atoms with E-state index in [2.05, 4.69) is 19.2 Å². The lowest BCUT2D eigenvalue weighted by Gasteiger charge is -2.04. The van der Waals surface area contributed by atoms with Gasteiger partial charge in [-0.1, -0.05) is 104 Å². The van der Waals surface area contributed by atoms with Crippen LogP contribution >= 0.6 is 0 Å². The van der Waals surface area contributed by atoms with Crippen molar-refractivity contribution in [3.05, 3.63) is 0 Å². The van der Waals surface area contributed by atoms with E-state index in [4.69, 9.17) is 0 Å². The first-order valence-electron chi connectivity index (χ1n) is 11.0. The minimum atomic E-state index is 0.436. The Balaban J connectivity index is 3.06. The molecule has 24 heavy (non-hydrogen) atoms. The maximum atomic E-state index is 11.6. The van der Waals surface area contributed by atoms with Crippen LogP contribution in [-0.4, -0.2) is 18.9 Å². The van der Waals surface area contributed by atoms with Gasteiger partial charge in [0.1, 0.15) is 5.78 Å². The fourth-order valence-electron chi connectivity index (χ4n) is 3.22. The quantitative estimate of drug-likeness (QED) is 0.247. The molecule has 0 saturated heterocycles. The molecule has 0 aliphatic carbocycles. The van der Waals surface area contributed by atoms with Crippen molar-refractivity contribution in [2.75, 3.05) is 13.1 Å². The summed E-state index contributed by atoms with van der Waals surface area (Å²) < 4.78 is 0. The first kappa shape index (κ1) is 23.6. The van der Waals surface area contributed by atoms with E-state index >= 15 is 0 Å². The van der Waals surface area contributed by atoms with Gasteiger partial charge in [-0.05, 0) is 13.0 Å². The highest BCUT2D eigenvalue weighted by atomic mass is 16.1. The Morgan fingerprint density at radius 1 is 0.583 bits per heavy atom. The lowest BCUT2D eigenvalue weighted by atomic mass is 10.0. The van der Waals surface area contributed by atoms with E-state index in [0.717, 1.165) is 25.9 Å². The number of nitrogens with one attached hydrogen (secondary N) is 1. The largest absolute Gasteiger partial charge is 0.317 e. The summed E-state index contributed by atoms with van der Waals surface area (Å²) in [5.41, 5.74) is 0. The maximum absolute atomic E-state index is 11.6. The van der Waals surface area contributed by atoms with Crippen LogP contribution in [0.15, 0.2) is 0 Å². The van der Waals surface area contributed by atoms with Gasteiger partial charge in [-0.15, -0.1) is 0 Å². The van der Waals surface area contributed by atoms with Crippen LogP contribution in [0.2, 0.25) is 0 Å². The zero-order valence-corrected chi connectivity index (χ0v) is 16.8. The molecule has 0 aliphatic rings. The summed E-state index contributed by atoms with van der Waals surface area (Å²) in [5.74, 6) is 0.436. The Morgan fingerprint density at radius 2 is 1.00 bits per heavy atom. The number of ketones is 1. The van der Waals surface area contributed by atoms with E-state index < -0.39 is 0 Å². The smallest absolute Gasteiger partial charge is 0.134 e. The van der Waals surface area contributed by atoms with Gasteiger partial charge >= 0.3 is 0 Å². The van der Waals surface area contributed by atoms with Crippen LogP contribution in [0.4, 0.5) is 0 Å². The third kappa shape index (κ3) is 19.7. The molecule has 0 aromatic carbocycles. The van der Waals surface area contributed by atoms with Gasteiger partial charge in [0, 0.05) is 19.4 Å². The van der Waals surface area contributed by atoms with Crippen LogP contribution in [-0.2, 0) is 4.79 Å². The van der Waals surface area contributed by atoms with E-state index in [-0.39, 0.29) is 0 Å². The fraction of sp³-hybridized carbons (Fsp3) is 0.955. The predicted molar refractivity (Wildman–Crippen MR) is 108 cm³/mol. The number of unbranched alkanes of at least 4 members (excludes halogenated alkanes) is 14. The second kappa shape index (κ2) is 20.7.